The quantitative estimate of drug-likeness (QED) is 0.759. The summed E-state index contributed by atoms with van der Waals surface area (Å²) in [5.41, 5.74) is 2.33. The summed E-state index contributed by atoms with van der Waals surface area (Å²) in [7, 11) is 0. The van der Waals surface area contributed by atoms with Crippen LogP contribution in [-0.2, 0) is 10.3 Å². The molecule has 0 saturated heterocycles. The van der Waals surface area contributed by atoms with Gasteiger partial charge in [-0.25, -0.2) is 4.79 Å². The van der Waals surface area contributed by atoms with Crippen LogP contribution in [0.1, 0.15) is 32.8 Å². The Bertz CT molecular complexity index is 565. The van der Waals surface area contributed by atoms with Crippen molar-refractivity contribution in [3.63, 3.8) is 0 Å². The van der Waals surface area contributed by atoms with Gasteiger partial charge in [-0.15, -0.1) is 0 Å². The van der Waals surface area contributed by atoms with Crippen molar-refractivity contribution in [2.75, 3.05) is 6.54 Å². The first kappa shape index (κ1) is 17.5. The standard InChI is InChI=1S/C17H21NO2.ClH/c1-4-12-18-13(2)15(16(19)20)10-11-17(18,3)14-8-6-5-7-9-14;/h5-11H,4,12H2,1-3H3,(H,19,20);1H. The Hall–Kier alpha value is -1.58. The van der Waals surface area contributed by atoms with E-state index < -0.39 is 5.97 Å². The zero-order chi connectivity index (χ0) is 14.8. The van der Waals surface area contributed by atoms with Crippen LogP contribution in [0, 0.1) is 0 Å². The van der Waals surface area contributed by atoms with Crippen LogP contribution in [0.3, 0.4) is 0 Å². The van der Waals surface area contributed by atoms with E-state index in [2.05, 4.69) is 26.0 Å². The Morgan fingerprint density at radius 3 is 2.43 bits per heavy atom. The molecule has 1 aliphatic heterocycles. The number of halogens is 1. The van der Waals surface area contributed by atoms with Gasteiger partial charge < -0.3 is 17.5 Å². The van der Waals surface area contributed by atoms with Gasteiger partial charge in [0, 0.05) is 12.5 Å². The smallest absolute Gasteiger partial charge is 0.341 e. The van der Waals surface area contributed by atoms with E-state index in [9.17, 15) is 9.90 Å². The van der Waals surface area contributed by atoms with Crippen molar-refractivity contribution in [1.82, 2.24) is 0 Å². The van der Waals surface area contributed by atoms with Gasteiger partial charge in [0.25, 0.3) is 0 Å². The molecule has 3 nitrogen and oxygen atoms in total. The maximum Gasteiger partial charge on any atom is 0.341 e. The number of hydrogen-bond acceptors (Lipinski definition) is 1. The first-order chi connectivity index (χ1) is 9.50. The number of allylic oxidation sites excluding steroid dienone is 1. The Kier molecular flexibility index (Phi) is 5.76. The maximum atomic E-state index is 11.3. The largest absolute Gasteiger partial charge is 1.00 e. The molecule has 2 rings (SSSR count). The van der Waals surface area contributed by atoms with E-state index in [1.165, 1.54) is 10.5 Å². The number of nitrogens with one attached hydrogen (secondary N) is 1. The highest BCUT2D eigenvalue weighted by molar-refractivity contribution is 5.90. The second-order valence-corrected chi connectivity index (χ2v) is 5.47. The maximum absolute atomic E-state index is 11.3. The van der Waals surface area contributed by atoms with Gasteiger partial charge in [-0.1, -0.05) is 37.3 Å². The second kappa shape index (κ2) is 6.92. The molecule has 0 aliphatic carbocycles. The molecule has 1 aromatic rings. The van der Waals surface area contributed by atoms with E-state index in [0.29, 0.717) is 5.57 Å². The number of carboxylic acids is 1. The summed E-state index contributed by atoms with van der Waals surface area (Å²) < 4.78 is 0. The lowest BCUT2D eigenvalue weighted by Crippen LogP contribution is -3.17. The van der Waals surface area contributed by atoms with Crippen molar-refractivity contribution < 1.29 is 27.2 Å². The highest BCUT2D eigenvalue weighted by atomic mass is 35.5. The molecule has 1 aliphatic rings. The Morgan fingerprint density at radius 2 is 1.90 bits per heavy atom. The summed E-state index contributed by atoms with van der Waals surface area (Å²) in [5.74, 6) is -0.845. The average Bonchev–Trinajstić information content (AvgIpc) is 2.44. The van der Waals surface area contributed by atoms with Crippen LogP contribution in [0.4, 0.5) is 0 Å². The van der Waals surface area contributed by atoms with Crippen LogP contribution in [0.25, 0.3) is 0 Å². The molecule has 0 bridgehead atoms. The number of benzene rings is 1. The number of carbonyl (C=O) groups is 1. The fraction of sp³-hybridized carbons (Fsp3) is 0.353. The highest BCUT2D eigenvalue weighted by Gasteiger charge is 2.40. The Labute approximate surface area is 132 Å². The normalized spacial score (nSPS) is 24.6. The zero-order valence-corrected chi connectivity index (χ0v) is 13.4. The number of hydrogen-bond donors (Lipinski definition) is 2. The summed E-state index contributed by atoms with van der Waals surface area (Å²) in [4.78, 5) is 12.6. The van der Waals surface area contributed by atoms with E-state index >= 15 is 0 Å². The third kappa shape index (κ3) is 3.20. The monoisotopic (exact) mass is 307 g/mol. The molecular weight excluding hydrogens is 286 g/mol. The van der Waals surface area contributed by atoms with E-state index in [4.69, 9.17) is 0 Å². The summed E-state index contributed by atoms with van der Waals surface area (Å²) in [6, 6.07) is 10.3. The topological polar surface area (TPSA) is 41.7 Å². The summed E-state index contributed by atoms with van der Waals surface area (Å²) in [6.07, 6.45) is 4.80. The first-order valence-corrected chi connectivity index (χ1v) is 7.06. The van der Waals surface area contributed by atoms with Crippen molar-refractivity contribution in [2.45, 2.75) is 32.7 Å². The van der Waals surface area contributed by atoms with Crippen LogP contribution >= 0.6 is 0 Å². The number of quaternary nitrogens is 1. The third-order valence-corrected chi connectivity index (χ3v) is 4.17. The minimum absolute atomic E-state index is 0. The Balaban J connectivity index is 0.00000220. The summed E-state index contributed by atoms with van der Waals surface area (Å²) in [6.45, 7) is 7.15. The molecule has 0 fully saturated rings. The minimum Gasteiger partial charge on any atom is -1.00 e. The van der Waals surface area contributed by atoms with Gasteiger partial charge in [0.15, 0.2) is 0 Å². The average molecular weight is 308 g/mol. The van der Waals surface area contributed by atoms with Crippen LogP contribution in [0.5, 0.6) is 0 Å². The fourth-order valence-electron chi connectivity index (χ4n) is 3.01. The molecule has 2 unspecified atom stereocenters. The van der Waals surface area contributed by atoms with Crippen LogP contribution in [0.15, 0.2) is 53.8 Å². The fourth-order valence-corrected chi connectivity index (χ4v) is 3.01. The van der Waals surface area contributed by atoms with Crippen molar-refractivity contribution in [3.8, 4) is 0 Å². The number of aliphatic carboxylic acids is 1. The van der Waals surface area contributed by atoms with E-state index in [-0.39, 0.29) is 17.9 Å². The predicted molar refractivity (Wildman–Crippen MR) is 79.4 cm³/mol. The second-order valence-electron chi connectivity index (χ2n) is 5.47. The molecule has 2 atom stereocenters. The van der Waals surface area contributed by atoms with Crippen LogP contribution in [0.2, 0.25) is 0 Å². The third-order valence-electron chi connectivity index (χ3n) is 4.17. The Morgan fingerprint density at radius 1 is 1.29 bits per heavy atom. The number of rotatable bonds is 4. The minimum atomic E-state index is -0.845. The van der Waals surface area contributed by atoms with Gasteiger partial charge in [-0.2, -0.15) is 0 Å². The SMILES string of the molecule is CCC[NH+]1C(C)=C(C(=O)O)C=CC1(C)c1ccccc1.[Cl-]. The predicted octanol–water partition coefficient (Wildman–Crippen LogP) is -0.871. The van der Waals surface area contributed by atoms with E-state index in [0.717, 1.165) is 18.7 Å². The van der Waals surface area contributed by atoms with E-state index in [1.807, 2.05) is 31.2 Å². The molecular formula is C17H22ClNO2. The summed E-state index contributed by atoms with van der Waals surface area (Å²) in [5, 5.41) is 9.31. The van der Waals surface area contributed by atoms with E-state index in [1.54, 1.807) is 6.08 Å². The van der Waals surface area contributed by atoms with Gasteiger partial charge in [-0.05, 0) is 25.5 Å². The van der Waals surface area contributed by atoms with Crippen molar-refractivity contribution in [3.05, 3.63) is 59.3 Å². The lowest BCUT2D eigenvalue weighted by atomic mass is 9.85. The van der Waals surface area contributed by atoms with Gasteiger partial charge in [0.05, 0.1) is 6.54 Å². The van der Waals surface area contributed by atoms with Crippen LogP contribution < -0.4 is 17.3 Å². The lowest BCUT2D eigenvalue weighted by Gasteiger charge is -2.39. The molecule has 0 spiro atoms. The van der Waals surface area contributed by atoms with Crippen LogP contribution in [-0.4, -0.2) is 17.6 Å². The molecule has 4 heteroatoms. The van der Waals surface area contributed by atoms with Gasteiger partial charge in [0.2, 0.25) is 0 Å². The highest BCUT2D eigenvalue weighted by Crippen LogP contribution is 2.24. The molecule has 0 radical (unpaired) electrons. The first-order valence-electron chi connectivity index (χ1n) is 7.06. The molecule has 0 amide bonds. The molecule has 0 aromatic heterocycles. The van der Waals surface area contributed by atoms with Gasteiger partial charge in [0.1, 0.15) is 16.8 Å². The van der Waals surface area contributed by atoms with Crippen molar-refractivity contribution >= 4 is 5.97 Å². The zero-order valence-electron chi connectivity index (χ0n) is 12.7. The lowest BCUT2D eigenvalue weighted by molar-refractivity contribution is -0.915. The molecule has 1 heterocycles. The van der Waals surface area contributed by atoms with Gasteiger partial charge >= 0.3 is 5.97 Å². The summed E-state index contributed by atoms with van der Waals surface area (Å²) >= 11 is 0. The molecule has 0 saturated carbocycles. The molecule has 114 valence electrons. The molecule has 21 heavy (non-hydrogen) atoms. The number of carboxylic acid groups (broad SMARTS) is 1. The van der Waals surface area contributed by atoms with Gasteiger partial charge in [-0.3, -0.25) is 4.90 Å². The molecule has 2 N–H and O–H groups in total. The molecule has 1 aromatic carbocycles. The van der Waals surface area contributed by atoms with Crippen molar-refractivity contribution in [1.29, 1.82) is 0 Å². The van der Waals surface area contributed by atoms with Crippen molar-refractivity contribution in [2.24, 2.45) is 0 Å².